The summed E-state index contributed by atoms with van der Waals surface area (Å²) < 4.78 is 13.1. The summed E-state index contributed by atoms with van der Waals surface area (Å²) in [7, 11) is -1.94. The van der Waals surface area contributed by atoms with Crippen LogP contribution < -0.4 is 22.7 Å². The summed E-state index contributed by atoms with van der Waals surface area (Å²) in [5, 5.41) is 17.8. The van der Waals surface area contributed by atoms with E-state index in [0.717, 1.165) is 12.1 Å². The van der Waals surface area contributed by atoms with E-state index in [4.69, 9.17) is 27.2 Å². The van der Waals surface area contributed by atoms with Crippen LogP contribution in [0.3, 0.4) is 0 Å². The summed E-state index contributed by atoms with van der Waals surface area (Å²) in [6, 6.07) is 3.43. The highest BCUT2D eigenvalue weighted by atomic mass is 19.1. The van der Waals surface area contributed by atoms with E-state index in [1.165, 1.54) is 6.07 Å². The van der Waals surface area contributed by atoms with E-state index in [2.05, 4.69) is 9.98 Å². The van der Waals surface area contributed by atoms with E-state index in [1.807, 2.05) is 0 Å². The molecule has 0 aliphatic carbocycles. The molecule has 0 saturated carbocycles. The van der Waals surface area contributed by atoms with Crippen molar-refractivity contribution in [1.82, 2.24) is 0 Å². The molecule has 9 heteroatoms. The van der Waals surface area contributed by atoms with Crippen LogP contribution in [0.5, 0.6) is 0 Å². The first-order valence-corrected chi connectivity index (χ1v) is 4.49. The Balaban J connectivity index is 3.09. The van der Waals surface area contributed by atoms with Gasteiger partial charge in [0, 0.05) is 5.46 Å². The quantitative estimate of drug-likeness (QED) is 0.224. The molecule has 0 saturated heterocycles. The van der Waals surface area contributed by atoms with Crippen molar-refractivity contribution in [3.8, 4) is 0 Å². The van der Waals surface area contributed by atoms with Gasteiger partial charge in [0.25, 0.3) is 0 Å². The molecular formula is C8H11BFN5O2. The predicted molar refractivity (Wildman–Crippen MR) is 63.3 cm³/mol. The third kappa shape index (κ3) is 3.74. The van der Waals surface area contributed by atoms with Crippen LogP contribution >= 0.6 is 0 Å². The van der Waals surface area contributed by atoms with Gasteiger partial charge in [-0.05, 0) is 18.2 Å². The smallest absolute Gasteiger partial charge is 0.423 e. The summed E-state index contributed by atoms with van der Waals surface area (Å²) in [5.41, 5.74) is 15.4. The predicted octanol–water partition coefficient (Wildman–Crippen LogP) is -2.27. The van der Waals surface area contributed by atoms with E-state index in [1.54, 1.807) is 0 Å². The molecule has 0 aromatic heterocycles. The lowest BCUT2D eigenvalue weighted by atomic mass is 9.80. The molecule has 1 aromatic rings. The van der Waals surface area contributed by atoms with Crippen molar-refractivity contribution in [2.75, 3.05) is 0 Å². The summed E-state index contributed by atoms with van der Waals surface area (Å²) in [6.07, 6.45) is 0. The SMILES string of the molecule is NC(N)=NC(N)=Nc1ccc(F)c(B(O)O)c1. The fourth-order valence-corrected chi connectivity index (χ4v) is 1.09. The molecule has 0 heterocycles. The third-order valence-corrected chi connectivity index (χ3v) is 1.75. The maximum Gasteiger partial charge on any atom is 0.491 e. The highest BCUT2D eigenvalue weighted by molar-refractivity contribution is 6.58. The van der Waals surface area contributed by atoms with Crippen molar-refractivity contribution in [3.63, 3.8) is 0 Å². The number of nitrogens with two attached hydrogens (primary N) is 3. The maximum absolute atomic E-state index is 13.1. The molecule has 90 valence electrons. The van der Waals surface area contributed by atoms with Gasteiger partial charge in [0.05, 0.1) is 5.69 Å². The maximum atomic E-state index is 13.1. The molecule has 0 aliphatic heterocycles. The number of benzene rings is 1. The van der Waals surface area contributed by atoms with Crippen LogP contribution in [0, 0.1) is 5.82 Å². The summed E-state index contributed by atoms with van der Waals surface area (Å²) >= 11 is 0. The van der Waals surface area contributed by atoms with Crippen molar-refractivity contribution >= 4 is 30.2 Å². The first kappa shape index (κ1) is 12.9. The first-order valence-electron chi connectivity index (χ1n) is 4.49. The molecule has 8 N–H and O–H groups in total. The minimum absolute atomic E-state index is 0.192. The van der Waals surface area contributed by atoms with Crippen molar-refractivity contribution < 1.29 is 14.4 Å². The Morgan fingerprint density at radius 2 is 1.88 bits per heavy atom. The summed E-state index contributed by atoms with van der Waals surface area (Å²) in [4.78, 5) is 7.19. The topological polar surface area (TPSA) is 143 Å². The van der Waals surface area contributed by atoms with Crippen LogP contribution in [0.4, 0.5) is 10.1 Å². The summed E-state index contributed by atoms with van der Waals surface area (Å²) in [6.45, 7) is 0. The zero-order valence-corrected chi connectivity index (χ0v) is 8.71. The van der Waals surface area contributed by atoms with E-state index in [-0.39, 0.29) is 23.1 Å². The van der Waals surface area contributed by atoms with Crippen LogP contribution in [-0.4, -0.2) is 29.1 Å². The monoisotopic (exact) mass is 239 g/mol. The van der Waals surface area contributed by atoms with Gasteiger partial charge in [-0.1, -0.05) is 0 Å². The zero-order valence-electron chi connectivity index (χ0n) is 8.71. The molecule has 1 aromatic carbocycles. The zero-order chi connectivity index (χ0) is 13.0. The molecule has 0 atom stereocenters. The number of halogens is 1. The second-order valence-corrected chi connectivity index (χ2v) is 3.09. The number of nitrogens with zero attached hydrogens (tertiary/aromatic N) is 2. The normalized spacial score (nSPS) is 11.1. The fraction of sp³-hybridized carbons (Fsp3) is 0. The van der Waals surface area contributed by atoms with Crippen molar-refractivity contribution in [3.05, 3.63) is 24.0 Å². The van der Waals surface area contributed by atoms with Crippen LogP contribution in [0.1, 0.15) is 0 Å². The molecule has 0 bridgehead atoms. The van der Waals surface area contributed by atoms with Crippen LogP contribution in [-0.2, 0) is 0 Å². The highest BCUT2D eigenvalue weighted by Crippen LogP contribution is 2.11. The van der Waals surface area contributed by atoms with Gasteiger partial charge in [0.2, 0.25) is 5.96 Å². The van der Waals surface area contributed by atoms with Gasteiger partial charge in [-0.25, -0.2) is 9.38 Å². The van der Waals surface area contributed by atoms with Crippen LogP contribution in [0.2, 0.25) is 0 Å². The Morgan fingerprint density at radius 3 is 2.41 bits per heavy atom. The Hall–Kier alpha value is -2.13. The van der Waals surface area contributed by atoms with Gasteiger partial charge in [0.1, 0.15) is 5.82 Å². The Labute approximate surface area is 96.6 Å². The van der Waals surface area contributed by atoms with Gasteiger partial charge < -0.3 is 27.2 Å². The number of aliphatic imine (C=N–C) groups is 2. The molecule has 0 spiro atoms. The number of rotatable bonds is 2. The van der Waals surface area contributed by atoms with Gasteiger partial charge >= 0.3 is 7.12 Å². The molecule has 0 unspecified atom stereocenters. The van der Waals surface area contributed by atoms with Gasteiger partial charge in [-0.15, -0.1) is 0 Å². The number of guanidine groups is 2. The third-order valence-electron chi connectivity index (χ3n) is 1.75. The van der Waals surface area contributed by atoms with Crippen molar-refractivity contribution in [2.24, 2.45) is 27.2 Å². The summed E-state index contributed by atoms with van der Waals surface area (Å²) in [5.74, 6) is -1.26. The van der Waals surface area contributed by atoms with E-state index in [9.17, 15) is 4.39 Å². The van der Waals surface area contributed by atoms with Crippen molar-refractivity contribution in [1.29, 1.82) is 0 Å². The minimum atomic E-state index is -1.94. The number of hydrogen-bond acceptors (Lipinski definition) is 3. The second-order valence-electron chi connectivity index (χ2n) is 3.09. The largest absolute Gasteiger partial charge is 0.491 e. The van der Waals surface area contributed by atoms with Gasteiger partial charge in [-0.2, -0.15) is 4.99 Å². The highest BCUT2D eigenvalue weighted by Gasteiger charge is 2.16. The minimum Gasteiger partial charge on any atom is -0.423 e. The molecular weight excluding hydrogens is 228 g/mol. The Bertz CT molecular complexity index is 473. The lowest BCUT2D eigenvalue weighted by Gasteiger charge is -2.02. The molecule has 1 rings (SSSR count). The molecule has 0 amide bonds. The Morgan fingerprint density at radius 1 is 1.24 bits per heavy atom. The van der Waals surface area contributed by atoms with Gasteiger partial charge in [-0.3, -0.25) is 0 Å². The van der Waals surface area contributed by atoms with Gasteiger partial charge in [0.15, 0.2) is 5.96 Å². The Kier molecular flexibility index (Phi) is 4.02. The second kappa shape index (κ2) is 5.28. The molecule has 0 aliphatic rings. The molecule has 0 radical (unpaired) electrons. The van der Waals surface area contributed by atoms with Crippen LogP contribution in [0.15, 0.2) is 28.2 Å². The molecule has 0 fully saturated rings. The standard InChI is InChI=1S/C8H11BFN5O2/c10-6-2-1-4(3-5(6)9(16)17)14-8(13)15-7(11)12/h1-3,16-17H,(H6,11,12,13,14,15). The molecule has 7 nitrogen and oxygen atoms in total. The number of hydrogen-bond donors (Lipinski definition) is 5. The molecule has 17 heavy (non-hydrogen) atoms. The lowest BCUT2D eigenvalue weighted by molar-refractivity contribution is 0.423. The average Bonchev–Trinajstić information content (AvgIpc) is 2.19. The fourth-order valence-electron chi connectivity index (χ4n) is 1.09. The first-order chi connectivity index (χ1) is 7.90. The van der Waals surface area contributed by atoms with E-state index < -0.39 is 12.9 Å². The van der Waals surface area contributed by atoms with E-state index in [0.29, 0.717) is 0 Å². The van der Waals surface area contributed by atoms with Crippen LogP contribution in [0.25, 0.3) is 0 Å². The lowest BCUT2D eigenvalue weighted by Crippen LogP contribution is -2.32. The average molecular weight is 239 g/mol. The van der Waals surface area contributed by atoms with E-state index >= 15 is 0 Å². The van der Waals surface area contributed by atoms with Crippen molar-refractivity contribution in [2.45, 2.75) is 0 Å².